The van der Waals surface area contributed by atoms with Crippen LogP contribution in [-0.2, 0) is 21.9 Å². The summed E-state index contributed by atoms with van der Waals surface area (Å²) in [7, 11) is 6.99. The van der Waals surface area contributed by atoms with E-state index in [0.29, 0.717) is 17.6 Å². The minimum Gasteiger partial charge on any atom is -0.496 e. The van der Waals surface area contributed by atoms with Gasteiger partial charge in [-0.1, -0.05) is 32.1 Å². The van der Waals surface area contributed by atoms with Crippen LogP contribution in [0.15, 0.2) is 24.3 Å². The van der Waals surface area contributed by atoms with Gasteiger partial charge < -0.3 is 26.6 Å². The van der Waals surface area contributed by atoms with Gasteiger partial charge in [0.05, 0.1) is 14.2 Å². The molecule has 4 atom stereocenters. The number of methoxy groups -OCH3 is 2. The summed E-state index contributed by atoms with van der Waals surface area (Å²) in [6.07, 6.45) is 10.9. The average molecular weight is 611 g/mol. The minimum absolute atomic E-state index is 0. The Hall–Kier alpha value is -1.38. The molecule has 0 heterocycles. The fraction of sp³-hybridized carbons (Fsp3) is 0.588. The molecule has 0 saturated heterocycles. The SMILES string of the molecule is C1CCCC1.COc1c(C)cc(P(c2cc(C)c(OC)c(C)c2)C2CCC([C@@H](C)N(C)C)C2C=O)cc1C.[CH3-].[Fe]. The third-order valence-corrected chi connectivity index (χ3v) is 11.7. The van der Waals surface area contributed by atoms with E-state index in [1.54, 1.807) is 14.2 Å². The van der Waals surface area contributed by atoms with Gasteiger partial charge in [-0.15, -0.1) is 0 Å². The fourth-order valence-corrected chi connectivity index (χ4v) is 10.1. The van der Waals surface area contributed by atoms with Crippen LogP contribution in [0, 0.1) is 47.0 Å². The summed E-state index contributed by atoms with van der Waals surface area (Å²) in [5, 5.41) is 2.67. The number of nitrogens with zero attached hydrogens (tertiary/aromatic N) is 1. The molecule has 40 heavy (non-hydrogen) atoms. The van der Waals surface area contributed by atoms with Crippen LogP contribution in [0.25, 0.3) is 0 Å². The van der Waals surface area contributed by atoms with Gasteiger partial charge in [-0.25, -0.2) is 0 Å². The summed E-state index contributed by atoms with van der Waals surface area (Å²) in [6.45, 7) is 10.7. The molecule has 0 radical (unpaired) electrons. The van der Waals surface area contributed by atoms with Gasteiger partial charge in [0.15, 0.2) is 0 Å². The maximum atomic E-state index is 12.5. The number of carbonyl (C=O) groups excluding carboxylic acids is 1. The van der Waals surface area contributed by atoms with Crippen molar-refractivity contribution < 1.29 is 31.3 Å². The van der Waals surface area contributed by atoms with Gasteiger partial charge in [0.25, 0.3) is 0 Å². The molecule has 4 nitrogen and oxygen atoms in total. The molecule has 0 spiro atoms. The van der Waals surface area contributed by atoms with Gasteiger partial charge in [0, 0.05) is 29.0 Å². The average Bonchev–Trinajstić information content (AvgIpc) is 3.57. The largest absolute Gasteiger partial charge is 0.496 e. The van der Waals surface area contributed by atoms with Gasteiger partial charge >= 0.3 is 0 Å². The van der Waals surface area contributed by atoms with Crippen molar-refractivity contribution in [1.82, 2.24) is 4.90 Å². The van der Waals surface area contributed by atoms with E-state index < -0.39 is 7.92 Å². The molecule has 2 aromatic carbocycles. The Morgan fingerprint density at radius 3 is 1.48 bits per heavy atom. The smallest absolute Gasteiger partial charge is 0.124 e. The number of aldehydes is 1. The number of aryl methyl sites for hydroxylation is 4. The first-order valence-corrected chi connectivity index (χ1v) is 15.8. The number of hydrogen-bond acceptors (Lipinski definition) is 4. The van der Waals surface area contributed by atoms with Crippen LogP contribution in [0.4, 0.5) is 0 Å². The topological polar surface area (TPSA) is 38.8 Å². The molecule has 0 aromatic heterocycles. The summed E-state index contributed by atoms with van der Waals surface area (Å²) >= 11 is 0. The van der Waals surface area contributed by atoms with E-state index in [2.05, 4.69) is 77.9 Å². The second kappa shape index (κ2) is 16.9. The normalized spacial score (nSPS) is 20.7. The number of ether oxygens (including phenoxy) is 2. The molecule has 0 bridgehead atoms. The van der Waals surface area contributed by atoms with Gasteiger partial charge in [0.2, 0.25) is 0 Å². The van der Waals surface area contributed by atoms with Crippen LogP contribution in [0.1, 0.15) is 74.1 Å². The monoisotopic (exact) mass is 610 g/mol. The quantitative estimate of drug-likeness (QED) is 0.136. The van der Waals surface area contributed by atoms with E-state index in [4.69, 9.17) is 9.47 Å². The standard InChI is InChI=1S/C28H40NO3P.C5H10.CH3.Fe/c1-17-12-22(13-18(2)27(17)31-8)33(23-14-19(3)28(32-9)20(4)15-23)26-11-10-24(25(26)16-30)21(5)29(6)7;1-2-4-5-3-1;;/h12-16,21,24-26H,10-11H2,1-9H3;1-5H2;1H3;/q;;-1;/t21-,24?,25?,26?;;;/m1.../s1. The summed E-state index contributed by atoms with van der Waals surface area (Å²) in [5.41, 5.74) is 4.94. The Kier molecular flexibility index (Phi) is 15.5. The molecule has 4 rings (SSSR count). The number of carbonyl (C=O) groups is 1. The molecule has 226 valence electrons. The van der Waals surface area contributed by atoms with Crippen molar-refractivity contribution in [3.8, 4) is 11.5 Å². The Labute approximate surface area is 257 Å². The first-order chi connectivity index (χ1) is 18.1. The zero-order valence-electron chi connectivity index (χ0n) is 26.6. The maximum Gasteiger partial charge on any atom is 0.124 e. The molecule has 2 fully saturated rings. The molecule has 2 aliphatic rings. The summed E-state index contributed by atoms with van der Waals surface area (Å²) in [4.78, 5) is 14.8. The van der Waals surface area contributed by atoms with Crippen molar-refractivity contribution in [3.05, 3.63) is 53.9 Å². The van der Waals surface area contributed by atoms with Crippen molar-refractivity contribution in [2.24, 2.45) is 11.8 Å². The molecule has 0 N–H and O–H groups in total. The predicted molar refractivity (Wildman–Crippen MR) is 170 cm³/mol. The number of benzene rings is 2. The summed E-state index contributed by atoms with van der Waals surface area (Å²) in [6, 6.07) is 9.53. The van der Waals surface area contributed by atoms with Gasteiger partial charge in [0.1, 0.15) is 17.8 Å². The molecular weight excluding hydrogens is 557 g/mol. The molecule has 2 aliphatic carbocycles. The zero-order valence-corrected chi connectivity index (χ0v) is 28.6. The Bertz CT molecular complexity index is 972. The Balaban J connectivity index is 0.00000103. The van der Waals surface area contributed by atoms with E-state index in [0.717, 1.165) is 46.6 Å². The molecule has 0 amide bonds. The van der Waals surface area contributed by atoms with Gasteiger partial charge in [-0.3, -0.25) is 0 Å². The van der Waals surface area contributed by atoms with Crippen LogP contribution in [0.3, 0.4) is 0 Å². The number of hydrogen-bond donors (Lipinski definition) is 0. The first kappa shape index (κ1) is 36.6. The van der Waals surface area contributed by atoms with Crippen molar-refractivity contribution in [3.63, 3.8) is 0 Å². The molecule has 6 heteroatoms. The third kappa shape index (κ3) is 8.34. The summed E-state index contributed by atoms with van der Waals surface area (Å²) in [5.74, 6) is 2.34. The van der Waals surface area contributed by atoms with Crippen molar-refractivity contribution >= 4 is 24.8 Å². The van der Waals surface area contributed by atoms with E-state index >= 15 is 0 Å². The Morgan fingerprint density at radius 1 is 0.800 bits per heavy atom. The number of rotatable bonds is 8. The van der Waals surface area contributed by atoms with E-state index in [-0.39, 0.29) is 30.4 Å². The molecule has 0 aliphatic heterocycles. The minimum atomic E-state index is -0.728. The van der Waals surface area contributed by atoms with Crippen LogP contribution in [-0.4, -0.2) is 51.2 Å². The van der Waals surface area contributed by atoms with Crippen molar-refractivity contribution in [2.45, 2.75) is 91.3 Å². The maximum absolute atomic E-state index is 12.5. The van der Waals surface area contributed by atoms with Gasteiger partial charge in [-0.05, 0) is 138 Å². The van der Waals surface area contributed by atoms with E-state index in [1.165, 1.54) is 49.0 Å². The van der Waals surface area contributed by atoms with E-state index in [9.17, 15) is 4.79 Å². The van der Waals surface area contributed by atoms with Crippen LogP contribution < -0.4 is 20.1 Å². The predicted octanol–water partition coefficient (Wildman–Crippen LogP) is 7.31. The second-order valence-corrected chi connectivity index (χ2v) is 14.0. The first-order valence-electron chi connectivity index (χ1n) is 14.4. The molecular formula is C34H53FeNO3P-. The Morgan fingerprint density at radius 2 is 1.18 bits per heavy atom. The van der Waals surface area contributed by atoms with E-state index in [1.807, 2.05) is 0 Å². The van der Waals surface area contributed by atoms with Crippen molar-refractivity contribution in [1.29, 1.82) is 0 Å². The zero-order chi connectivity index (χ0) is 28.0. The van der Waals surface area contributed by atoms with Crippen LogP contribution >= 0.6 is 7.92 Å². The third-order valence-electron chi connectivity index (χ3n) is 8.76. The fourth-order valence-electron chi connectivity index (χ4n) is 6.66. The van der Waals surface area contributed by atoms with Gasteiger partial charge in [-0.2, -0.15) is 0 Å². The molecule has 2 saturated carbocycles. The van der Waals surface area contributed by atoms with Crippen LogP contribution in [0.2, 0.25) is 0 Å². The van der Waals surface area contributed by atoms with Crippen molar-refractivity contribution in [2.75, 3.05) is 28.3 Å². The van der Waals surface area contributed by atoms with Crippen LogP contribution in [0.5, 0.6) is 11.5 Å². The molecule has 3 unspecified atom stereocenters. The molecule has 2 aromatic rings. The summed E-state index contributed by atoms with van der Waals surface area (Å²) < 4.78 is 11.3. The second-order valence-electron chi connectivity index (χ2n) is 11.6.